The number of nitrogens with two attached hydrogens (primary N) is 1. The number of aryl methyl sites for hydroxylation is 1. The first-order chi connectivity index (χ1) is 7.25. The first kappa shape index (κ1) is 10.2. The van der Waals surface area contributed by atoms with Crippen LogP contribution in [0.5, 0.6) is 5.88 Å². The van der Waals surface area contributed by atoms with Crippen molar-refractivity contribution in [2.24, 2.45) is 0 Å². The van der Waals surface area contributed by atoms with E-state index in [1.807, 2.05) is 13.0 Å². The van der Waals surface area contributed by atoms with Crippen molar-refractivity contribution in [1.82, 2.24) is 4.98 Å². The fourth-order valence-electron chi connectivity index (χ4n) is 1.66. The molecule has 2 heterocycles. The highest BCUT2D eigenvalue weighted by Crippen LogP contribution is 2.20. The van der Waals surface area contributed by atoms with Gasteiger partial charge in [0.25, 0.3) is 0 Å². The van der Waals surface area contributed by atoms with Crippen LogP contribution in [0.1, 0.15) is 18.4 Å². The van der Waals surface area contributed by atoms with Crippen molar-refractivity contribution in [3.8, 4) is 5.88 Å². The number of nitrogens with zero attached hydrogens (tertiary/aromatic N) is 1. The number of ether oxygens (including phenoxy) is 2. The Hall–Kier alpha value is -1.29. The molecule has 0 unspecified atom stereocenters. The van der Waals surface area contributed by atoms with Crippen molar-refractivity contribution >= 4 is 5.69 Å². The lowest BCUT2D eigenvalue weighted by Gasteiger charge is -2.23. The maximum absolute atomic E-state index is 5.79. The second kappa shape index (κ2) is 4.49. The molecule has 2 N–H and O–H groups in total. The van der Waals surface area contributed by atoms with Crippen LogP contribution < -0.4 is 10.5 Å². The number of pyridine rings is 1. The summed E-state index contributed by atoms with van der Waals surface area (Å²) in [5, 5.41) is 0. The quantitative estimate of drug-likeness (QED) is 0.800. The Bertz CT molecular complexity index is 335. The van der Waals surface area contributed by atoms with E-state index in [4.69, 9.17) is 15.2 Å². The summed E-state index contributed by atoms with van der Waals surface area (Å²) in [6, 6.07) is 1.88. The van der Waals surface area contributed by atoms with Crippen LogP contribution in [0.25, 0.3) is 0 Å². The molecule has 1 fully saturated rings. The van der Waals surface area contributed by atoms with Gasteiger partial charge in [-0.25, -0.2) is 4.98 Å². The molecule has 15 heavy (non-hydrogen) atoms. The van der Waals surface area contributed by atoms with Gasteiger partial charge >= 0.3 is 0 Å². The number of aromatic nitrogens is 1. The zero-order chi connectivity index (χ0) is 10.7. The van der Waals surface area contributed by atoms with Gasteiger partial charge in [-0.1, -0.05) is 0 Å². The minimum absolute atomic E-state index is 0.230. The third-order valence-corrected chi connectivity index (χ3v) is 2.50. The average molecular weight is 208 g/mol. The normalized spacial score (nSPS) is 17.7. The molecule has 82 valence electrons. The third-order valence-electron chi connectivity index (χ3n) is 2.50. The summed E-state index contributed by atoms with van der Waals surface area (Å²) in [4.78, 5) is 4.18. The first-order valence-electron chi connectivity index (χ1n) is 5.22. The summed E-state index contributed by atoms with van der Waals surface area (Å²) in [5.74, 6) is 0.691. The van der Waals surface area contributed by atoms with Gasteiger partial charge in [-0.3, -0.25) is 0 Å². The van der Waals surface area contributed by atoms with Crippen LogP contribution in [-0.2, 0) is 4.74 Å². The van der Waals surface area contributed by atoms with Crippen molar-refractivity contribution in [3.05, 3.63) is 17.8 Å². The lowest BCUT2D eigenvalue weighted by molar-refractivity contribution is 0.0234. The van der Waals surface area contributed by atoms with Crippen LogP contribution in [0.2, 0.25) is 0 Å². The van der Waals surface area contributed by atoms with E-state index in [0.717, 1.165) is 31.6 Å². The van der Waals surface area contributed by atoms with Crippen molar-refractivity contribution in [3.63, 3.8) is 0 Å². The topological polar surface area (TPSA) is 57.4 Å². The summed E-state index contributed by atoms with van der Waals surface area (Å²) in [6.07, 6.45) is 3.73. The number of rotatable bonds is 2. The van der Waals surface area contributed by atoms with E-state index in [1.54, 1.807) is 6.20 Å². The predicted molar refractivity (Wildman–Crippen MR) is 57.9 cm³/mol. The maximum Gasteiger partial charge on any atom is 0.216 e. The summed E-state index contributed by atoms with van der Waals surface area (Å²) in [7, 11) is 0. The number of anilines is 1. The number of nitrogen functional groups attached to an aromatic ring is 1. The van der Waals surface area contributed by atoms with Crippen LogP contribution in [-0.4, -0.2) is 24.3 Å². The Morgan fingerprint density at radius 3 is 2.87 bits per heavy atom. The lowest BCUT2D eigenvalue weighted by Crippen LogP contribution is -2.26. The van der Waals surface area contributed by atoms with Crippen LogP contribution in [0.15, 0.2) is 12.3 Å². The lowest BCUT2D eigenvalue weighted by atomic mass is 10.1. The Balaban J connectivity index is 2.03. The molecular weight excluding hydrogens is 192 g/mol. The minimum Gasteiger partial charge on any atom is -0.474 e. The highest BCUT2D eigenvalue weighted by Gasteiger charge is 2.16. The van der Waals surface area contributed by atoms with Crippen molar-refractivity contribution in [2.45, 2.75) is 25.9 Å². The molecule has 0 aromatic carbocycles. The van der Waals surface area contributed by atoms with Gasteiger partial charge in [-0.05, 0) is 13.0 Å². The van der Waals surface area contributed by atoms with Crippen molar-refractivity contribution in [1.29, 1.82) is 0 Å². The molecule has 1 aliphatic rings. The van der Waals surface area contributed by atoms with Gasteiger partial charge in [0.15, 0.2) is 0 Å². The molecule has 1 aromatic heterocycles. The van der Waals surface area contributed by atoms with Crippen LogP contribution in [0.4, 0.5) is 5.69 Å². The monoisotopic (exact) mass is 208 g/mol. The Kier molecular flexibility index (Phi) is 3.06. The van der Waals surface area contributed by atoms with Crippen LogP contribution in [0.3, 0.4) is 0 Å². The van der Waals surface area contributed by atoms with Gasteiger partial charge < -0.3 is 15.2 Å². The summed E-state index contributed by atoms with van der Waals surface area (Å²) in [5.41, 5.74) is 7.28. The van der Waals surface area contributed by atoms with E-state index < -0.39 is 0 Å². The van der Waals surface area contributed by atoms with Gasteiger partial charge in [-0.2, -0.15) is 0 Å². The van der Waals surface area contributed by atoms with E-state index in [9.17, 15) is 0 Å². The van der Waals surface area contributed by atoms with E-state index in [0.29, 0.717) is 11.6 Å². The second-order valence-corrected chi connectivity index (χ2v) is 3.82. The number of hydrogen-bond acceptors (Lipinski definition) is 4. The molecule has 2 rings (SSSR count). The average Bonchev–Trinajstić information content (AvgIpc) is 2.24. The van der Waals surface area contributed by atoms with Crippen molar-refractivity contribution in [2.75, 3.05) is 18.9 Å². The standard InChI is InChI=1S/C11H16N2O2/c1-8-6-9(12)7-13-11(8)15-10-2-4-14-5-3-10/h6-7,10H,2-5,12H2,1H3. The Labute approximate surface area is 89.4 Å². The molecule has 1 saturated heterocycles. The fraction of sp³-hybridized carbons (Fsp3) is 0.545. The molecule has 4 heteroatoms. The smallest absolute Gasteiger partial charge is 0.216 e. The van der Waals surface area contributed by atoms with E-state index in [2.05, 4.69) is 4.98 Å². The maximum atomic E-state index is 5.79. The summed E-state index contributed by atoms with van der Waals surface area (Å²) < 4.78 is 11.1. The molecular formula is C11H16N2O2. The van der Waals surface area contributed by atoms with Crippen molar-refractivity contribution < 1.29 is 9.47 Å². The molecule has 0 aliphatic carbocycles. The zero-order valence-corrected chi connectivity index (χ0v) is 8.90. The molecule has 1 aromatic rings. The molecule has 0 bridgehead atoms. The Morgan fingerprint density at radius 1 is 1.47 bits per heavy atom. The second-order valence-electron chi connectivity index (χ2n) is 3.82. The first-order valence-corrected chi connectivity index (χ1v) is 5.22. The third kappa shape index (κ3) is 2.59. The van der Waals surface area contributed by atoms with Gasteiger partial charge in [-0.15, -0.1) is 0 Å². The summed E-state index contributed by atoms with van der Waals surface area (Å²) >= 11 is 0. The van der Waals surface area contributed by atoms with E-state index >= 15 is 0 Å². The van der Waals surface area contributed by atoms with Gasteiger partial charge in [0, 0.05) is 18.4 Å². The molecule has 0 amide bonds. The van der Waals surface area contributed by atoms with Crippen LogP contribution in [0, 0.1) is 6.92 Å². The van der Waals surface area contributed by atoms with Crippen LogP contribution >= 0.6 is 0 Å². The largest absolute Gasteiger partial charge is 0.474 e. The Morgan fingerprint density at radius 2 is 2.20 bits per heavy atom. The van der Waals surface area contributed by atoms with Gasteiger partial charge in [0.1, 0.15) is 6.10 Å². The summed E-state index contributed by atoms with van der Waals surface area (Å²) in [6.45, 7) is 3.51. The highest BCUT2D eigenvalue weighted by atomic mass is 16.5. The molecule has 4 nitrogen and oxygen atoms in total. The van der Waals surface area contributed by atoms with Gasteiger partial charge in [0.05, 0.1) is 25.1 Å². The van der Waals surface area contributed by atoms with E-state index in [1.165, 1.54) is 0 Å². The predicted octanol–water partition coefficient (Wildman–Crippen LogP) is 1.53. The molecule has 0 radical (unpaired) electrons. The zero-order valence-electron chi connectivity index (χ0n) is 8.90. The van der Waals surface area contributed by atoms with Gasteiger partial charge in [0.2, 0.25) is 5.88 Å². The fourth-order valence-corrected chi connectivity index (χ4v) is 1.66. The highest BCUT2D eigenvalue weighted by molar-refractivity contribution is 5.41. The minimum atomic E-state index is 0.230. The SMILES string of the molecule is Cc1cc(N)cnc1OC1CCOCC1. The molecule has 0 spiro atoms. The molecule has 0 saturated carbocycles. The molecule has 1 aliphatic heterocycles. The number of hydrogen-bond donors (Lipinski definition) is 1. The molecule has 0 atom stereocenters. The van der Waals surface area contributed by atoms with E-state index in [-0.39, 0.29) is 6.10 Å².